The first-order valence-corrected chi connectivity index (χ1v) is 7.66. The third-order valence-electron chi connectivity index (χ3n) is 3.92. The van der Waals surface area contributed by atoms with E-state index in [0.717, 1.165) is 31.5 Å². The van der Waals surface area contributed by atoms with Gasteiger partial charge in [-0.3, -0.25) is 14.6 Å². The molecule has 1 saturated heterocycles. The Bertz CT molecular complexity index is 476. The number of hydrogen-bond acceptors (Lipinski definition) is 3. The van der Waals surface area contributed by atoms with Crippen molar-refractivity contribution in [3.63, 3.8) is 0 Å². The maximum absolute atomic E-state index is 12.2. The van der Waals surface area contributed by atoms with Gasteiger partial charge in [0.05, 0.1) is 12.2 Å². The van der Waals surface area contributed by atoms with Gasteiger partial charge in [0.25, 0.3) is 0 Å². The van der Waals surface area contributed by atoms with Crippen molar-refractivity contribution in [3.05, 3.63) is 30.1 Å². The Hall–Kier alpha value is -1.91. The van der Waals surface area contributed by atoms with E-state index in [1.54, 1.807) is 6.20 Å². The summed E-state index contributed by atoms with van der Waals surface area (Å²) in [6.07, 6.45) is 5.85. The van der Waals surface area contributed by atoms with Crippen molar-refractivity contribution in [2.45, 2.75) is 51.6 Å². The average Bonchev–Trinajstić information content (AvgIpc) is 2.53. The molecule has 1 unspecified atom stereocenters. The third kappa shape index (κ3) is 4.55. The lowest BCUT2D eigenvalue weighted by Gasteiger charge is -2.35. The molecule has 2 heterocycles. The summed E-state index contributed by atoms with van der Waals surface area (Å²) in [5.74, 6) is -0.286. The smallest absolute Gasteiger partial charge is 0.232 e. The molecule has 0 aliphatic carbocycles. The summed E-state index contributed by atoms with van der Waals surface area (Å²) in [5, 5.41) is 2.75. The second-order valence-electron chi connectivity index (χ2n) is 5.42. The number of likely N-dealkylation sites (tertiary alicyclic amines) is 1. The van der Waals surface area contributed by atoms with E-state index >= 15 is 0 Å². The Balaban J connectivity index is 1.80. The van der Waals surface area contributed by atoms with E-state index in [1.807, 2.05) is 23.1 Å². The summed E-state index contributed by atoms with van der Waals surface area (Å²) >= 11 is 0. The molecule has 1 N–H and O–H groups in total. The number of carbonyl (C=O) groups excluding carboxylic acids is 2. The first-order valence-electron chi connectivity index (χ1n) is 7.66. The van der Waals surface area contributed by atoms with Crippen LogP contribution in [0.25, 0.3) is 0 Å². The highest BCUT2D eigenvalue weighted by Crippen LogP contribution is 2.20. The molecule has 21 heavy (non-hydrogen) atoms. The fourth-order valence-electron chi connectivity index (χ4n) is 2.75. The molecule has 0 spiro atoms. The molecule has 114 valence electrons. The molecule has 0 saturated carbocycles. The Morgan fingerprint density at radius 3 is 2.95 bits per heavy atom. The van der Waals surface area contributed by atoms with Crippen LogP contribution in [-0.4, -0.2) is 34.3 Å². The first-order chi connectivity index (χ1) is 10.2. The number of pyridine rings is 1. The van der Waals surface area contributed by atoms with E-state index < -0.39 is 0 Å². The molecule has 1 aromatic rings. The largest absolute Gasteiger partial charge is 0.350 e. The number of piperidine rings is 1. The highest BCUT2D eigenvalue weighted by atomic mass is 16.2. The van der Waals surface area contributed by atoms with E-state index in [1.165, 1.54) is 6.42 Å². The fourth-order valence-corrected chi connectivity index (χ4v) is 2.75. The molecule has 0 bridgehead atoms. The molecule has 1 atom stereocenters. The molecule has 0 aromatic carbocycles. The van der Waals surface area contributed by atoms with Crippen LogP contribution < -0.4 is 5.32 Å². The quantitative estimate of drug-likeness (QED) is 0.842. The summed E-state index contributed by atoms with van der Waals surface area (Å²) in [4.78, 5) is 30.1. The Kier molecular flexibility index (Phi) is 5.72. The molecular weight excluding hydrogens is 266 g/mol. The minimum atomic E-state index is -0.230. The number of rotatable bonds is 5. The third-order valence-corrected chi connectivity index (χ3v) is 3.92. The minimum Gasteiger partial charge on any atom is -0.350 e. The van der Waals surface area contributed by atoms with Crippen molar-refractivity contribution >= 4 is 11.8 Å². The van der Waals surface area contributed by atoms with Crippen LogP contribution in [0.5, 0.6) is 0 Å². The van der Waals surface area contributed by atoms with Crippen LogP contribution >= 0.6 is 0 Å². The molecule has 1 aliphatic rings. The fraction of sp³-hybridized carbons (Fsp3) is 0.562. The summed E-state index contributed by atoms with van der Waals surface area (Å²) in [7, 11) is 0. The van der Waals surface area contributed by atoms with Gasteiger partial charge < -0.3 is 10.2 Å². The Labute approximate surface area is 125 Å². The summed E-state index contributed by atoms with van der Waals surface area (Å²) in [5.41, 5.74) is 0.794. The maximum Gasteiger partial charge on any atom is 0.232 e. The second kappa shape index (κ2) is 7.76. The SMILES string of the molecule is CCC1CCCCN1C(=O)CC(=O)NCc1ccccn1. The van der Waals surface area contributed by atoms with Crippen molar-refractivity contribution in [2.75, 3.05) is 6.54 Å². The zero-order chi connectivity index (χ0) is 15.1. The van der Waals surface area contributed by atoms with Gasteiger partial charge in [-0.1, -0.05) is 13.0 Å². The van der Waals surface area contributed by atoms with Crippen LogP contribution in [-0.2, 0) is 16.1 Å². The van der Waals surface area contributed by atoms with Crippen LogP contribution in [0.1, 0.15) is 44.7 Å². The Morgan fingerprint density at radius 2 is 2.24 bits per heavy atom. The topological polar surface area (TPSA) is 62.3 Å². The van der Waals surface area contributed by atoms with Crippen LogP contribution in [0.15, 0.2) is 24.4 Å². The van der Waals surface area contributed by atoms with Crippen molar-refractivity contribution in [2.24, 2.45) is 0 Å². The van der Waals surface area contributed by atoms with Crippen molar-refractivity contribution in [1.29, 1.82) is 0 Å². The van der Waals surface area contributed by atoms with Gasteiger partial charge in [-0.15, -0.1) is 0 Å². The molecule has 1 aromatic heterocycles. The van der Waals surface area contributed by atoms with Gasteiger partial charge in [0.1, 0.15) is 6.42 Å². The number of nitrogens with one attached hydrogen (secondary N) is 1. The van der Waals surface area contributed by atoms with Gasteiger partial charge in [0, 0.05) is 18.8 Å². The second-order valence-corrected chi connectivity index (χ2v) is 5.42. The average molecular weight is 289 g/mol. The van der Waals surface area contributed by atoms with Gasteiger partial charge in [0.15, 0.2) is 0 Å². The van der Waals surface area contributed by atoms with Crippen LogP contribution in [0.2, 0.25) is 0 Å². The van der Waals surface area contributed by atoms with E-state index in [4.69, 9.17) is 0 Å². The van der Waals surface area contributed by atoms with Gasteiger partial charge >= 0.3 is 0 Å². The summed E-state index contributed by atoms with van der Waals surface area (Å²) in [6.45, 7) is 3.24. The normalized spacial score (nSPS) is 18.3. The lowest BCUT2D eigenvalue weighted by Crippen LogP contribution is -2.45. The lowest BCUT2D eigenvalue weighted by molar-refractivity contribution is -0.139. The van der Waals surface area contributed by atoms with Gasteiger partial charge in [-0.05, 0) is 37.8 Å². The van der Waals surface area contributed by atoms with Crippen LogP contribution in [0.4, 0.5) is 0 Å². The molecule has 1 aliphatic heterocycles. The lowest BCUT2D eigenvalue weighted by atomic mass is 9.99. The minimum absolute atomic E-state index is 0.0555. The molecule has 1 fully saturated rings. The van der Waals surface area contributed by atoms with E-state index in [-0.39, 0.29) is 18.2 Å². The summed E-state index contributed by atoms with van der Waals surface area (Å²) < 4.78 is 0. The number of carbonyl (C=O) groups is 2. The number of amides is 2. The first kappa shape index (κ1) is 15.5. The maximum atomic E-state index is 12.2. The van der Waals surface area contributed by atoms with Crippen LogP contribution in [0.3, 0.4) is 0 Å². The molecule has 2 rings (SSSR count). The number of aromatic nitrogens is 1. The number of hydrogen-bond donors (Lipinski definition) is 1. The zero-order valence-corrected chi connectivity index (χ0v) is 12.5. The van der Waals surface area contributed by atoms with Gasteiger partial charge in [0.2, 0.25) is 11.8 Å². The van der Waals surface area contributed by atoms with Crippen molar-refractivity contribution in [3.8, 4) is 0 Å². The highest BCUT2D eigenvalue weighted by molar-refractivity contribution is 5.97. The summed E-state index contributed by atoms with van der Waals surface area (Å²) in [6, 6.07) is 5.85. The Morgan fingerprint density at radius 1 is 1.38 bits per heavy atom. The molecule has 0 radical (unpaired) electrons. The van der Waals surface area contributed by atoms with Crippen molar-refractivity contribution < 1.29 is 9.59 Å². The van der Waals surface area contributed by atoms with E-state index in [2.05, 4.69) is 17.2 Å². The zero-order valence-electron chi connectivity index (χ0n) is 12.5. The molecule has 5 nitrogen and oxygen atoms in total. The molecule has 5 heteroatoms. The standard InChI is InChI=1S/C16H23N3O2/c1-2-14-8-4-6-10-19(14)16(21)11-15(20)18-12-13-7-3-5-9-17-13/h3,5,7,9,14H,2,4,6,8,10-12H2,1H3,(H,18,20). The number of nitrogens with zero attached hydrogens (tertiary/aromatic N) is 2. The van der Waals surface area contributed by atoms with Crippen molar-refractivity contribution in [1.82, 2.24) is 15.2 Å². The van der Waals surface area contributed by atoms with Gasteiger partial charge in [-0.2, -0.15) is 0 Å². The predicted molar refractivity (Wildman–Crippen MR) is 80.3 cm³/mol. The van der Waals surface area contributed by atoms with E-state index in [0.29, 0.717) is 12.6 Å². The molecule has 2 amide bonds. The van der Waals surface area contributed by atoms with E-state index in [9.17, 15) is 9.59 Å². The monoisotopic (exact) mass is 289 g/mol. The highest BCUT2D eigenvalue weighted by Gasteiger charge is 2.26. The predicted octanol–water partition coefficient (Wildman–Crippen LogP) is 1.88. The van der Waals surface area contributed by atoms with Gasteiger partial charge in [-0.25, -0.2) is 0 Å². The van der Waals surface area contributed by atoms with Crippen LogP contribution in [0, 0.1) is 0 Å². The molecular formula is C16H23N3O2.